The zero-order valence-electron chi connectivity index (χ0n) is 10.6. The number of methoxy groups -OCH3 is 1. The number of carbonyl (C=O) groups excluding carboxylic acids is 1. The predicted molar refractivity (Wildman–Crippen MR) is 74.9 cm³/mol. The second-order valence-electron chi connectivity index (χ2n) is 3.95. The van der Waals surface area contributed by atoms with E-state index in [1.165, 1.54) is 13.3 Å². The number of nitrogens with one attached hydrogen (secondary N) is 1. The Morgan fingerprint density at radius 3 is 2.89 bits per heavy atom. The van der Waals surface area contributed by atoms with Crippen LogP contribution in [0.2, 0.25) is 5.02 Å². The molecule has 0 radical (unpaired) electrons. The number of rotatable bonds is 3. The van der Waals surface area contributed by atoms with Crippen LogP contribution in [0.5, 0.6) is 5.88 Å². The topological polar surface area (TPSA) is 51.2 Å². The predicted octanol–water partition coefficient (Wildman–Crippen LogP) is 3.30. The normalized spacial score (nSPS) is 10.1. The van der Waals surface area contributed by atoms with Crippen molar-refractivity contribution in [3.05, 3.63) is 52.7 Å². The summed E-state index contributed by atoms with van der Waals surface area (Å²) in [6.45, 7) is 1.85. The maximum Gasteiger partial charge on any atom is 0.255 e. The smallest absolute Gasteiger partial charge is 0.255 e. The van der Waals surface area contributed by atoms with Crippen LogP contribution in [0.1, 0.15) is 15.9 Å². The van der Waals surface area contributed by atoms with Gasteiger partial charge in [0.25, 0.3) is 5.91 Å². The molecule has 0 fully saturated rings. The monoisotopic (exact) mass is 276 g/mol. The van der Waals surface area contributed by atoms with Gasteiger partial charge in [0.1, 0.15) is 0 Å². The van der Waals surface area contributed by atoms with Gasteiger partial charge in [0.2, 0.25) is 5.88 Å². The lowest BCUT2D eigenvalue weighted by molar-refractivity contribution is 0.102. The number of hydrogen-bond donors (Lipinski definition) is 1. The fourth-order valence-corrected chi connectivity index (χ4v) is 1.77. The number of anilines is 1. The van der Waals surface area contributed by atoms with Gasteiger partial charge in [0.05, 0.1) is 7.11 Å². The molecule has 0 aliphatic carbocycles. The van der Waals surface area contributed by atoms with Crippen LogP contribution in [0, 0.1) is 6.92 Å². The largest absolute Gasteiger partial charge is 0.481 e. The highest BCUT2D eigenvalue weighted by Gasteiger charge is 2.10. The first-order chi connectivity index (χ1) is 9.11. The fourth-order valence-electron chi connectivity index (χ4n) is 1.60. The lowest BCUT2D eigenvalue weighted by Gasteiger charge is -2.09. The van der Waals surface area contributed by atoms with Gasteiger partial charge in [-0.05, 0) is 30.7 Å². The standard InChI is InChI=1S/C14H13ClN2O2/c1-9-11(15)4-3-5-12(9)17-14(18)10-6-7-16-13(8-10)19-2/h3-8H,1-2H3,(H,17,18). The molecule has 0 spiro atoms. The van der Waals surface area contributed by atoms with Gasteiger partial charge < -0.3 is 10.1 Å². The number of nitrogens with zero attached hydrogens (tertiary/aromatic N) is 1. The van der Waals surface area contributed by atoms with Crippen LogP contribution in [0.25, 0.3) is 0 Å². The first-order valence-electron chi connectivity index (χ1n) is 5.68. The van der Waals surface area contributed by atoms with E-state index in [1.807, 2.05) is 6.92 Å². The maximum atomic E-state index is 12.1. The average molecular weight is 277 g/mol. The van der Waals surface area contributed by atoms with Gasteiger partial charge in [-0.25, -0.2) is 4.98 Å². The quantitative estimate of drug-likeness (QED) is 0.936. The highest BCUT2D eigenvalue weighted by molar-refractivity contribution is 6.31. The molecule has 0 saturated carbocycles. The summed E-state index contributed by atoms with van der Waals surface area (Å²) in [4.78, 5) is 16.1. The fraction of sp³-hybridized carbons (Fsp3) is 0.143. The summed E-state index contributed by atoms with van der Waals surface area (Å²) in [5.41, 5.74) is 2.00. The summed E-state index contributed by atoms with van der Waals surface area (Å²) < 4.78 is 4.99. The molecule has 0 atom stereocenters. The number of halogens is 1. The van der Waals surface area contributed by atoms with Gasteiger partial charge in [-0.15, -0.1) is 0 Å². The second-order valence-corrected chi connectivity index (χ2v) is 4.36. The minimum Gasteiger partial charge on any atom is -0.481 e. The first-order valence-corrected chi connectivity index (χ1v) is 6.06. The van der Waals surface area contributed by atoms with Crippen molar-refractivity contribution in [3.63, 3.8) is 0 Å². The van der Waals surface area contributed by atoms with E-state index in [1.54, 1.807) is 30.3 Å². The number of benzene rings is 1. The van der Waals surface area contributed by atoms with Gasteiger partial charge >= 0.3 is 0 Å². The Kier molecular flexibility index (Phi) is 4.02. The van der Waals surface area contributed by atoms with E-state index in [2.05, 4.69) is 10.3 Å². The highest BCUT2D eigenvalue weighted by atomic mass is 35.5. The van der Waals surface area contributed by atoms with Crippen LogP contribution in [-0.2, 0) is 0 Å². The van der Waals surface area contributed by atoms with E-state index in [-0.39, 0.29) is 5.91 Å². The maximum absolute atomic E-state index is 12.1. The molecule has 5 heteroatoms. The molecule has 1 amide bonds. The Morgan fingerprint density at radius 1 is 1.37 bits per heavy atom. The van der Waals surface area contributed by atoms with E-state index >= 15 is 0 Å². The summed E-state index contributed by atoms with van der Waals surface area (Å²) in [6, 6.07) is 8.57. The number of amides is 1. The average Bonchev–Trinajstić information content (AvgIpc) is 2.44. The number of ether oxygens (including phenoxy) is 1. The summed E-state index contributed by atoms with van der Waals surface area (Å²) in [5.74, 6) is 0.168. The molecular formula is C14H13ClN2O2. The Balaban J connectivity index is 2.23. The molecule has 2 rings (SSSR count). The van der Waals surface area contributed by atoms with Crippen molar-refractivity contribution in [1.82, 2.24) is 4.98 Å². The Hall–Kier alpha value is -2.07. The lowest BCUT2D eigenvalue weighted by atomic mass is 10.2. The molecule has 1 aromatic heterocycles. The van der Waals surface area contributed by atoms with Crippen LogP contribution >= 0.6 is 11.6 Å². The third kappa shape index (κ3) is 3.03. The number of carbonyl (C=O) groups is 1. The first kappa shape index (κ1) is 13.4. The van der Waals surface area contributed by atoms with Crippen LogP contribution in [0.4, 0.5) is 5.69 Å². The zero-order chi connectivity index (χ0) is 13.8. The third-order valence-electron chi connectivity index (χ3n) is 2.72. The van der Waals surface area contributed by atoms with Gasteiger partial charge in [-0.3, -0.25) is 4.79 Å². The molecule has 1 heterocycles. The van der Waals surface area contributed by atoms with E-state index in [4.69, 9.17) is 16.3 Å². The number of hydrogen-bond acceptors (Lipinski definition) is 3. The second kappa shape index (κ2) is 5.71. The van der Waals surface area contributed by atoms with Crippen LogP contribution in [0.3, 0.4) is 0 Å². The SMILES string of the molecule is COc1cc(C(=O)Nc2cccc(Cl)c2C)ccn1. The molecule has 4 nitrogen and oxygen atoms in total. The van der Waals surface area contributed by atoms with Crippen molar-refractivity contribution in [3.8, 4) is 5.88 Å². The van der Waals surface area contributed by atoms with Crippen molar-refractivity contribution >= 4 is 23.2 Å². The minimum atomic E-state index is -0.230. The molecule has 98 valence electrons. The molecule has 1 aromatic carbocycles. The highest BCUT2D eigenvalue weighted by Crippen LogP contribution is 2.23. The summed E-state index contributed by atoms with van der Waals surface area (Å²) in [5, 5.41) is 3.43. The van der Waals surface area contributed by atoms with Crippen molar-refractivity contribution < 1.29 is 9.53 Å². The van der Waals surface area contributed by atoms with E-state index in [0.29, 0.717) is 22.2 Å². The van der Waals surface area contributed by atoms with Gasteiger partial charge in [-0.2, -0.15) is 0 Å². The zero-order valence-corrected chi connectivity index (χ0v) is 11.4. The summed E-state index contributed by atoms with van der Waals surface area (Å²) in [6.07, 6.45) is 1.53. The Bertz CT molecular complexity index is 614. The van der Waals surface area contributed by atoms with Gasteiger partial charge in [0, 0.05) is 28.5 Å². The Morgan fingerprint density at radius 2 is 2.16 bits per heavy atom. The van der Waals surface area contributed by atoms with Crippen molar-refractivity contribution in [1.29, 1.82) is 0 Å². The molecule has 1 N–H and O–H groups in total. The molecule has 0 aliphatic rings. The molecule has 19 heavy (non-hydrogen) atoms. The third-order valence-corrected chi connectivity index (χ3v) is 3.13. The van der Waals surface area contributed by atoms with E-state index in [0.717, 1.165) is 5.56 Å². The molecule has 2 aromatic rings. The van der Waals surface area contributed by atoms with Crippen molar-refractivity contribution in [2.75, 3.05) is 12.4 Å². The van der Waals surface area contributed by atoms with Gasteiger partial charge in [-0.1, -0.05) is 17.7 Å². The van der Waals surface area contributed by atoms with Crippen molar-refractivity contribution in [2.45, 2.75) is 6.92 Å². The van der Waals surface area contributed by atoms with Crippen LogP contribution < -0.4 is 10.1 Å². The molecular weight excluding hydrogens is 264 g/mol. The number of pyridine rings is 1. The Labute approximate surface area is 116 Å². The minimum absolute atomic E-state index is 0.230. The lowest BCUT2D eigenvalue weighted by Crippen LogP contribution is -2.13. The van der Waals surface area contributed by atoms with Crippen LogP contribution in [0.15, 0.2) is 36.5 Å². The summed E-state index contributed by atoms with van der Waals surface area (Å²) >= 11 is 6.01. The van der Waals surface area contributed by atoms with Crippen molar-refractivity contribution in [2.24, 2.45) is 0 Å². The molecule has 0 unspecified atom stereocenters. The molecule has 0 saturated heterocycles. The van der Waals surface area contributed by atoms with Gasteiger partial charge in [0.15, 0.2) is 0 Å². The molecule has 0 bridgehead atoms. The van der Waals surface area contributed by atoms with E-state index in [9.17, 15) is 4.79 Å². The molecule has 0 aliphatic heterocycles. The van der Waals surface area contributed by atoms with E-state index < -0.39 is 0 Å². The summed E-state index contributed by atoms with van der Waals surface area (Å²) in [7, 11) is 1.51. The van der Waals surface area contributed by atoms with Crippen LogP contribution in [-0.4, -0.2) is 18.0 Å². The number of aromatic nitrogens is 1.